The zero-order valence-electron chi connectivity index (χ0n) is 10.2. The van der Waals surface area contributed by atoms with E-state index in [0.717, 1.165) is 19.0 Å². The molecule has 0 amide bonds. The van der Waals surface area contributed by atoms with Gasteiger partial charge < -0.3 is 5.32 Å². The molecule has 2 rings (SSSR count). The molecule has 1 aliphatic rings. The van der Waals surface area contributed by atoms with Crippen molar-refractivity contribution in [3.05, 3.63) is 35.4 Å². The van der Waals surface area contributed by atoms with Gasteiger partial charge in [0.25, 0.3) is 0 Å². The second-order valence-electron chi connectivity index (χ2n) is 5.04. The lowest BCUT2D eigenvalue weighted by molar-refractivity contribution is 0.462. The first kappa shape index (κ1) is 12.5. The van der Waals surface area contributed by atoms with Gasteiger partial charge in [-0.05, 0) is 49.8 Å². The Kier molecular flexibility index (Phi) is 4.11. The van der Waals surface area contributed by atoms with Crippen LogP contribution in [0.25, 0.3) is 0 Å². The summed E-state index contributed by atoms with van der Waals surface area (Å²) in [4.78, 5) is 0. The quantitative estimate of drug-likeness (QED) is 0.803. The van der Waals surface area contributed by atoms with E-state index in [-0.39, 0.29) is 0 Å². The average molecular weight is 239 g/mol. The van der Waals surface area contributed by atoms with E-state index in [1.54, 1.807) is 12.1 Å². The van der Waals surface area contributed by atoms with Crippen LogP contribution in [0, 0.1) is 17.6 Å². The molecule has 1 aromatic rings. The first-order valence-corrected chi connectivity index (χ1v) is 6.33. The third-order valence-electron chi connectivity index (χ3n) is 3.27. The van der Waals surface area contributed by atoms with Gasteiger partial charge in [-0.3, -0.25) is 0 Å². The van der Waals surface area contributed by atoms with Crippen molar-refractivity contribution < 1.29 is 8.78 Å². The molecule has 1 aliphatic carbocycles. The van der Waals surface area contributed by atoms with Crippen LogP contribution in [0.3, 0.4) is 0 Å². The van der Waals surface area contributed by atoms with Gasteiger partial charge in [0.15, 0.2) is 11.6 Å². The van der Waals surface area contributed by atoms with Crippen molar-refractivity contribution in [3.8, 4) is 0 Å². The van der Waals surface area contributed by atoms with Gasteiger partial charge in [0.05, 0.1) is 0 Å². The molecule has 0 saturated heterocycles. The Morgan fingerprint density at radius 3 is 2.82 bits per heavy atom. The standard InChI is InChI=1S/C14H19F2N/c1-10(9-17-12-7-8-12)5-6-11-3-2-4-13(15)14(11)16/h2-4,10,12,17H,5-9H2,1H3. The number of benzene rings is 1. The van der Waals surface area contributed by atoms with Crippen LogP contribution in [0.1, 0.15) is 31.7 Å². The van der Waals surface area contributed by atoms with Gasteiger partial charge in [-0.25, -0.2) is 8.78 Å². The number of halogens is 2. The molecule has 0 bridgehead atoms. The fourth-order valence-electron chi connectivity index (χ4n) is 1.90. The molecule has 0 radical (unpaired) electrons. The van der Waals surface area contributed by atoms with E-state index in [1.807, 2.05) is 0 Å². The van der Waals surface area contributed by atoms with Crippen molar-refractivity contribution in [1.29, 1.82) is 0 Å². The molecular formula is C14H19F2N. The predicted molar refractivity (Wildman–Crippen MR) is 64.9 cm³/mol. The van der Waals surface area contributed by atoms with E-state index < -0.39 is 11.6 Å². The predicted octanol–water partition coefficient (Wildman–Crippen LogP) is 3.29. The Labute approximate surface area is 101 Å². The van der Waals surface area contributed by atoms with Crippen molar-refractivity contribution in [2.24, 2.45) is 5.92 Å². The minimum absolute atomic E-state index is 0.489. The summed E-state index contributed by atoms with van der Waals surface area (Å²) >= 11 is 0. The average Bonchev–Trinajstić information content (AvgIpc) is 3.12. The minimum atomic E-state index is -0.744. The highest BCUT2D eigenvalue weighted by Crippen LogP contribution is 2.20. The summed E-state index contributed by atoms with van der Waals surface area (Å²) in [6, 6.07) is 5.11. The van der Waals surface area contributed by atoms with Crippen molar-refractivity contribution in [2.75, 3.05) is 6.54 Å². The van der Waals surface area contributed by atoms with E-state index in [2.05, 4.69) is 12.2 Å². The molecule has 0 spiro atoms. The summed E-state index contributed by atoms with van der Waals surface area (Å²) in [5.74, 6) is -0.931. The molecule has 1 fully saturated rings. The Balaban J connectivity index is 1.77. The number of hydrogen-bond acceptors (Lipinski definition) is 1. The minimum Gasteiger partial charge on any atom is -0.314 e. The van der Waals surface area contributed by atoms with Crippen LogP contribution in [0.5, 0.6) is 0 Å². The normalized spacial score (nSPS) is 17.1. The lowest BCUT2D eigenvalue weighted by atomic mass is 10.0. The SMILES string of the molecule is CC(CCc1cccc(F)c1F)CNC1CC1. The van der Waals surface area contributed by atoms with Gasteiger partial charge in [0.2, 0.25) is 0 Å². The lowest BCUT2D eigenvalue weighted by Crippen LogP contribution is -2.23. The Morgan fingerprint density at radius 2 is 2.12 bits per heavy atom. The van der Waals surface area contributed by atoms with Crippen molar-refractivity contribution in [1.82, 2.24) is 5.32 Å². The molecule has 0 heterocycles. The summed E-state index contributed by atoms with van der Waals surface area (Å²) in [6.07, 6.45) is 4.06. The fourth-order valence-corrected chi connectivity index (χ4v) is 1.90. The lowest BCUT2D eigenvalue weighted by Gasteiger charge is -2.12. The number of rotatable bonds is 6. The first-order valence-electron chi connectivity index (χ1n) is 6.33. The van der Waals surface area contributed by atoms with Crippen LogP contribution in [0.15, 0.2) is 18.2 Å². The smallest absolute Gasteiger partial charge is 0.162 e. The van der Waals surface area contributed by atoms with Crippen LogP contribution in [-0.4, -0.2) is 12.6 Å². The van der Waals surface area contributed by atoms with Crippen LogP contribution in [0.4, 0.5) is 8.78 Å². The molecule has 0 aromatic heterocycles. The van der Waals surface area contributed by atoms with Gasteiger partial charge in [-0.15, -0.1) is 0 Å². The monoisotopic (exact) mass is 239 g/mol. The molecule has 1 unspecified atom stereocenters. The van der Waals surface area contributed by atoms with Gasteiger partial charge in [-0.1, -0.05) is 19.1 Å². The topological polar surface area (TPSA) is 12.0 Å². The van der Waals surface area contributed by atoms with Crippen LogP contribution in [0.2, 0.25) is 0 Å². The van der Waals surface area contributed by atoms with Crippen molar-refractivity contribution in [2.45, 2.75) is 38.6 Å². The molecule has 17 heavy (non-hydrogen) atoms. The summed E-state index contributed by atoms with van der Waals surface area (Å²) < 4.78 is 26.4. The van der Waals surface area contributed by atoms with E-state index in [4.69, 9.17) is 0 Å². The van der Waals surface area contributed by atoms with E-state index in [9.17, 15) is 8.78 Å². The van der Waals surface area contributed by atoms with Crippen molar-refractivity contribution in [3.63, 3.8) is 0 Å². The van der Waals surface area contributed by atoms with Gasteiger partial charge in [0, 0.05) is 6.04 Å². The zero-order chi connectivity index (χ0) is 12.3. The number of aryl methyl sites for hydroxylation is 1. The molecule has 1 atom stereocenters. The summed E-state index contributed by atoms with van der Waals surface area (Å²) in [5, 5.41) is 3.45. The third kappa shape index (κ3) is 3.77. The van der Waals surface area contributed by atoms with E-state index in [0.29, 0.717) is 23.9 Å². The summed E-state index contributed by atoms with van der Waals surface area (Å²) in [7, 11) is 0. The zero-order valence-corrected chi connectivity index (χ0v) is 10.2. The molecule has 0 aliphatic heterocycles. The Hall–Kier alpha value is -0.960. The summed E-state index contributed by atoms with van der Waals surface area (Å²) in [5.41, 5.74) is 0.489. The Morgan fingerprint density at radius 1 is 1.35 bits per heavy atom. The number of hydrogen-bond donors (Lipinski definition) is 1. The number of nitrogens with one attached hydrogen (secondary N) is 1. The van der Waals surface area contributed by atoms with Crippen LogP contribution in [-0.2, 0) is 6.42 Å². The first-order chi connectivity index (χ1) is 8.16. The molecule has 1 saturated carbocycles. The molecule has 1 aromatic carbocycles. The molecule has 94 valence electrons. The maximum Gasteiger partial charge on any atom is 0.162 e. The summed E-state index contributed by atoms with van der Waals surface area (Å²) in [6.45, 7) is 3.12. The largest absolute Gasteiger partial charge is 0.314 e. The third-order valence-corrected chi connectivity index (χ3v) is 3.27. The van der Waals surface area contributed by atoms with Crippen LogP contribution >= 0.6 is 0 Å². The second-order valence-corrected chi connectivity index (χ2v) is 5.04. The maximum atomic E-state index is 13.4. The van der Waals surface area contributed by atoms with Crippen molar-refractivity contribution >= 4 is 0 Å². The van der Waals surface area contributed by atoms with E-state index in [1.165, 1.54) is 12.8 Å². The molecular weight excluding hydrogens is 220 g/mol. The second kappa shape index (κ2) is 5.58. The van der Waals surface area contributed by atoms with Crippen LogP contribution < -0.4 is 5.32 Å². The maximum absolute atomic E-state index is 13.4. The molecule has 1 nitrogen and oxygen atoms in total. The molecule has 3 heteroatoms. The highest BCUT2D eigenvalue weighted by molar-refractivity contribution is 5.19. The highest BCUT2D eigenvalue weighted by atomic mass is 19.2. The Bertz CT molecular complexity index is 374. The fraction of sp³-hybridized carbons (Fsp3) is 0.571. The van der Waals surface area contributed by atoms with Gasteiger partial charge >= 0.3 is 0 Å². The highest BCUT2D eigenvalue weighted by Gasteiger charge is 2.20. The van der Waals surface area contributed by atoms with Gasteiger partial charge in [-0.2, -0.15) is 0 Å². The molecule has 1 N–H and O–H groups in total. The van der Waals surface area contributed by atoms with Gasteiger partial charge in [0.1, 0.15) is 0 Å². The van der Waals surface area contributed by atoms with E-state index >= 15 is 0 Å².